The predicted molar refractivity (Wildman–Crippen MR) is 417 cm³/mol. The summed E-state index contributed by atoms with van der Waals surface area (Å²) < 4.78 is 16.8. The second-order valence-corrected chi connectivity index (χ2v) is 29.9. The lowest BCUT2D eigenvalue weighted by atomic mass is 9.99. The van der Waals surface area contributed by atoms with Gasteiger partial charge in [0.05, 0.1) is 32.0 Å². The number of hydrogen-bond donors (Lipinski definition) is 6. The van der Waals surface area contributed by atoms with Crippen LogP contribution in [0, 0.1) is 0 Å². The van der Waals surface area contributed by atoms with Crippen LogP contribution in [-0.2, 0) is 23.8 Å². The zero-order valence-corrected chi connectivity index (χ0v) is 64.5. The largest absolute Gasteiger partial charge is 0.466 e. The topological polar surface area (TPSA) is 175 Å². The zero-order chi connectivity index (χ0) is 70.8. The number of allylic oxidation sites excluding steroid dienone is 7. The molecule has 0 aliphatic carbocycles. The van der Waals surface area contributed by atoms with E-state index in [1.165, 1.54) is 340 Å². The fourth-order valence-electron chi connectivity index (χ4n) is 13.7. The molecular weight excluding hydrogens is 1220 g/mol. The number of nitrogens with one attached hydrogen (secondary N) is 1. The molecule has 1 aliphatic heterocycles. The third-order valence-corrected chi connectivity index (χ3v) is 20.4. The lowest BCUT2D eigenvalue weighted by molar-refractivity contribution is -0.302. The maximum absolute atomic E-state index is 13.1. The molecule has 11 heteroatoms. The van der Waals surface area contributed by atoms with Crippen molar-refractivity contribution in [3.8, 4) is 0 Å². The van der Waals surface area contributed by atoms with Crippen molar-refractivity contribution in [1.29, 1.82) is 0 Å². The van der Waals surface area contributed by atoms with E-state index >= 15 is 0 Å². The van der Waals surface area contributed by atoms with Gasteiger partial charge >= 0.3 is 5.97 Å². The number of rotatable bonds is 77. The molecule has 98 heavy (non-hydrogen) atoms. The first kappa shape index (κ1) is 93.6. The highest BCUT2D eigenvalue weighted by Gasteiger charge is 2.44. The third-order valence-electron chi connectivity index (χ3n) is 20.4. The Morgan fingerprint density at radius 3 is 1.04 bits per heavy atom. The summed E-state index contributed by atoms with van der Waals surface area (Å²) in [6, 6.07) is -0.832. The number of carbonyl (C=O) groups is 2. The van der Waals surface area contributed by atoms with E-state index in [1.54, 1.807) is 6.08 Å². The highest BCUT2D eigenvalue weighted by molar-refractivity contribution is 5.76. The summed E-state index contributed by atoms with van der Waals surface area (Å²) in [5.41, 5.74) is 0. The van der Waals surface area contributed by atoms with Gasteiger partial charge in [-0.1, -0.05) is 390 Å². The van der Waals surface area contributed by atoms with Gasteiger partial charge < -0.3 is 45.1 Å². The molecule has 1 amide bonds. The van der Waals surface area contributed by atoms with Crippen molar-refractivity contribution in [2.45, 2.75) is 474 Å². The van der Waals surface area contributed by atoms with E-state index in [0.717, 1.165) is 64.2 Å². The minimum absolute atomic E-state index is 0.0221. The van der Waals surface area contributed by atoms with Crippen LogP contribution in [0.4, 0.5) is 0 Å². The van der Waals surface area contributed by atoms with E-state index in [4.69, 9.17) is 14.2 Å². The first-order valence-electron chi connectivity index (χ1n) is 42.9. The summed E-state index contributed by atoms with van der Waals surface area (Å²) >= 11 is 0. The van der Waals surface area contributed by atoms with E-state index in [1.807, 2.05) is 6.08 Å². The van der Waals surface area contributed by atoms with Gasteiger partial charge in [-0.05, 0) is 77.0 Å². The second-order valence-electron chi connectivity index (χ2n) is 29.9. The van der Waals surface area contributed by atoms with Crippen LogP contribution in [0.3, 0.4) is 0 Å². The second kappa shape index (κ2) is 75.8. The number of aliphatic hydroxyl groups is 5. The number of aliphatic hydroxyl groups excluding tert-OH is 5. The van der Waals surface area contributed by atoms with Crippen molar-refractivity contribution in [3.63, 3.8) is 0 Å². The summed E-state index contributed by atoms with van der Waals surface area (Å²) in [5, 5.41) is 54.5. The molecule has 1 rings (SSSR count). The van der Waals surface area contributed by atoms with Crippen molar-refractivity contribution in [2.75, 3.05) is 19.8 Å². The normalized spacial score (nSPS) is 17.4. The van der Waals surface area contributed by atoms with Crippen molar-refractivity contribution >= 4 is 11.9 Å². The Morgan fingerprint density at radius 1 is 0.367 bits per heavy atom. The quantitative estimate of drug-likeness (QED) is 0.0195. The molecule has 576 valence electrons. The number of unbranched alkanes of at least 4 members (excludes halogenated alkanes) is 57. The standard InChI is InChI=1S/C87H163NO10/c1-3-5-7-9-11-13-15-17-18-19-41-45-48-51-55-59-63-67-71-75-83(92)96-76-72-68-64-60-56-52-49-46-43-40-38-36-34-32-30-28-26-24-22-20-21-23-25-27-29-31-33-35-37-39-42-44-47-50-54-58-62-66-70-74-82(91)88-79(78-97-87-86(95)85(94)84(93)81(77-89)98-87)80(90)73-69-65-61-57-53-16-14-12-10-8-6-4-2/h10,12,20-21,53,57,69,73,79-81,84-87,89-90,93-95H,3-9,11,13-19,22-52,54-56,58-68,70-72,74-78H2,1-2H3,(H,88,91)/b12-10+,21-20-,57-53+,73-69+. The maximum Gasteiger partial charge on any atom is 0.305 e. The Kier molecular flexibility index (Phi) is 72.4. The van der Waals surface area contributed by atoms with Crippen LogP contribution in [0.2, 0.25) is 0 Å². The van der Waals surface area contributed by atoms with Gasteiger partial charge in [0.15, 0.2) is 6.29 Å². The monoisotopic (exact) mass is 1380 g/mol. The zero-order valence-electron chi connectivity index (χ0n) is 64.5. The van der Waals surface area contributed by atoms with Crippen molar-refractivity contribution in [1.82, 2.24) is 5.32 Å². The Morgan fingerprint density at radius 2 is 0.673 bits per heavy atom. The van der Waals surface area contributed by atoms with Crippen molar-refractivity contribution in [2.24, 2.45) is 0 Å². The SMILES string of the molecule is CCCC/C=C/CC/C=C/CC/C=C/C(O)C(COC1OC(CO)C(O)C(O)C1O)NC(=O)CCCCCCCCCCCCCCCCCCC/C=C\CCCCCCCCCCCCCCCCCCCCOC(=O)CCCCCCCCCCCCCCCCCCCCC. The molecule has 0 bridgehead atoms. The lowest BCUT2D eigenvalue weighted by Crippen LogP contribution is -2.60. The van der Waals surface area contributed by atoms with E-state index in [9.17, 15) is 35.1 Å². The molecule has 0 radical (unpaired) electrons. The summed E-state index contributed by atoms with van der Waals surface area (Å²) in [4.78, 5) is 25.2. The molecule has 1 saturated heterocycles. The van der Waals surface area contributed by atoms with Crippen LogP contribution in [0.15, 0.2) is 48.6 Å². The van der Waals surface area contributed by atoms with Gasteiger partial charge in [0.25, 0.3) is 0 Å². The van der Waals surface area contributed by atoms with E-state index in [2.05, 4.69) is 55.6 Å². The molecule has 11 nitrogen and oxygen atoms in total. The molecule has 1 aliphatic rings. The van der Waals surface area contributed by atoms with Crippen LogP contribution in [0.25, 0.3) is 0 Å². The maximum atomic E-state index is 13.1. The number of ether oxygens (including phenoxy) is 3. The first-order valence-corrected chi connectivity index (χ1v) is 42.9. The van der Waals surface area contributed by atoms with Gasteiger partial charge in [-0.2, -0.15) is 0 Å². The average Bonchev–Trinajstić information content (AvgIpc) is 0.824. The fourth-order valence-corrected chi connectivity index (χ4v) is 13.7. The lowest BCUT2D eigenvalue weighted by Gasteiger charge is -2.40. The highest BCUT2D eigenvalue weighted by Crippen LogP contribution is 2.24. The molecule has 7 unspecified atom stereocenters. The van der Waals surface area contributed by atoms with E-state index in [0.29, 0.717) is 19.4 Å². The van der Waals surface area contributed by atoms with Crippen molar-refractivity contribution in [3.05, 3.63) is 48.6 Å². The molecule has 6 N–H and O–H groups in total. The molecule has 1 fully saturated rings. The summed E-state index contributed by atoms with van der Waals surface area (Å²) in [5.74, 6) is -0.169. The number of hydrogen-bond acceptors (Lipinski definition) is 10. The highest BCUT2D eigenvalue weighted by atomic mass is 16.7. The van der Waals surface area contributed by atoms with Gasteiger partial charge in [-0.3, -0.25) is 9.59 Å². The van der Waals surface area contributed by atoms with E-state index in [-0.39, 0.29) is 18.5 Å². The summed E-state index contributed by atoms with van der Waals surface area (Å²) in [6.45, 7) is 4.34. The summed E-state index contributed by atoms with van der Waals surface area (Å²) in [6.07, 6.45) is 91.9. The van der Waals surface area contributed by atoms with Gasteiger partial charge in [-0.15, -0.1) is 0 Å². The van der Waals surface area contributed by atoms with Crippen LogP contribution in [0.1, 0.15) is 431 Å². The van der Waals surface area contributed by atoms with Gasteiger partial charge in [-0.25, -0.2) is 0 Å². The molecule has 0 aromatic heterocycles. The molecule has 0 aromatic rings. The smallest absolute Gasteiger partial charge is 0.305 e. The van der Waals surface area contributed by atoms with Gasteiger partial charge in [0.2, 0.25) is 5.91 Å². The molecule has 0 saturated carbocycles. The van der Waals surface area contributed by atoms with Crippen LogP contribution >= 0.6 is 0 Å². The number of amides is 1. The van der Waals surface area contributed by atoms with Crippen LogP contribution < -0.4 is 5.32 Å². The van der Waals surface area contributed by atoms with E-state index < -0.39 is 49.5 Å². The molecule has 0 aromatic carbocycles. The number of carbonyl (C=O) groups excluding carboxylic acids is 2. The fraction of sp³-hybridized carbons (Fsp3) is 0.885. The molecule has 0 spiro atoms. The minimum Gasteiger partial charge on any atom is -0.466 e. The van der Waals surface area contributed by atoms with Crippen LogP contribution in [0.5, 0.6) is 0 Å². The third kappa shape index (κ3) is 63.3. The van der Waals surface area contributed by atoms with Gasteiger partial charge in [0.1, 0.15) is 24.4 Å². The minimum atomic E-state index is -1.58. The van der Waals surface area contributed by atoms with Crippen molar-refractivity contribution < 1.29 is 49.3 Å². The Bertz CT molecular complexity index is 1770. The predicted octanol–water partition coefficient (Wildman–Crippen LogP) is 23.8. The Hall–Kier alpha value is -2.38. The Labute approximate surface area is 606 Å². The molecule has 7 atom stereocenters. The number of esters is 1. The molecule has 1 heterocycles. The molecular formula is C87H163NO10. The van der Waals surface area contributed by atoms with Gasteiger partial charge in [0, 0.05) is 12.8 Å². The average molecular weight is 1380 g/mol. The van der Waals surface area contributed by atoms with Crippen LogP contribution in [-0.4, -0.2) is 100 Å². The first-order chi connectivity index (χ1) is 48.2. The summed E-state index contributed by atoms with van der Waals surface area (Å²) in [7, 11) is 0. The Balaban J connectivity index is 1.85.